The average Bonchev–Trinajstić information content (AvgIpc) is 3.20. The summed E-state index contributed by atoms with van der Waals surface area (Å²) in [5, 5.41) is 11.8. The van der Waals surface area contributed by atoms with Gasteiger partial charge in [-0.25, -0.2) is 14.4 Å². The molecule has 1 saturated heterocycles. The maximum atomic E-state index is 13.7. The highest BCUT2D eigenvalue weighted by Gasteiger charge is 2.26. The van der Waals surface area contributed by atoms with Gasteiger partial charge < -0.3 is 14.2 Å². The monoisotopic (exact) mass is 433 g/mol. The van der Waals surface area contributed by atoms with E-state index in [1.54, 1.807) is 24.3 Å². The zero-order valence-electron chi connectivity index (χ0n) is 17.4. The molecule has 2 aromatic carbocycles. The van der Waals surface area contributed by atoms with E-state index in [4.69, 9.17) is 4.42 Å². The summed E-state index contributed by atoms with van der Waals surface area (Å²) < 4.78 is 19.8. The van der Waals surface area contributed by atoms with Gasteiger partial charge in [0.05, 0.1) is 10.3 Å². The summed E-state index contributed by atoms with van der Waals surface area (Å²) in [5.74, 6) is 0.936. The number of hydrogen-bond acceptors (Lipinski definition) is 7. The molecule has 0 unspecified atom stereocenters. The van der Waals surface area contributed by atoms with Crippen LogP contribution in [0.3, 0.4) is 0 Å². The van der Waals surface area contributed by atoms with Gasteiger partial charge in [-0.2, -0.15) is 0 Å². The van der Waals surface area contributed by atoms with Crippen LogP contribution in [-0.4, -0.2) is 53.0 Å². The third kappa shape index (κ3) is 3.56. The summed E-state index contributed by atoms with van der Waals surface area (Å²) in [4.78, 5) is 24.0. The van der Waals surface area contributed by atoms with Gasteiger partial charge in [0.2, 0.25) is 5.71 Å². The van der Waals surface area contributed by atoms with E-state index in [0.29, 0.717) is 17.0 Å². The first kappa shape index (κ1) is 20.1. The van der Waals surface area contributed by atoms with Gasteiger partial charge in [-0.15, -0.1) is 0 Å². The van der Waals surface area contributed by atoms with Gasteiger partial charge >= 0.3 is 0 Å². The minimum Gasteiger partial charge on any atom is -0.437 e. The Balaban J connectivity index is 1.73. The summed E-state index contributed by atoms with van der Waals surface area (Å²) in [5.41, 5.74) is 2.57. The fraction of sp³-hybridized carbons (Fsp3) is 0.217. The summed E-state index contributed by atoms with van der Waals surface area (Å²) in [6, 6.07) is 12.3. The number of piperazine rings is 1. The van der Waals surface area contributed by atoms with Gasteiger partial charge in [0.25, 0.3) is 5.69 Å². The smallest absolute Gasteiger partial charge is 0.269 e. The van der Waals surface area contributed by atoms with Crippen LogP contribution in [0.15, 0.2) is 59.3 Å². The van der Waals surface area contributed by atoms with Crippen molar-refractivity contribution in [2.45, 2.75) is 0 Å². The number of nitro groups is 1. The van der Waals surface area contributed by atoms with Gasteiger partial charge in [0, 0.05) is 49.4 Å². The number of likely N-dealkylation sites (N-methyl/N-ethyl adjacent to an activating group) is 1. The minimum absolute atomic E-state index is 0.00823. The molecular formula is C23H20FN5O3. The lowest BCUT2D eigenvalue weighted by molar-refractivity contribution is -0.384. The van der Waals surface area contributed by atoms with Crippen molar-refractivity contribution in [3.05, 3.63) is 70.8 Å². The number of rotatable bonds is 4. The van der Waals surface area contributed by atoms with Crippen LogP contribution in [0.5, 0.6) is 0 Å². The number of fused-ring (bicyclic) bond motifs is 1. The topological polar surface area (TPSA) is 88.5 Å². The fourth-order valence-electron chi connectivity index (χ4n) is 4.01. The molecule has 0 saturated carbocycles. The zero-order chi connectivity index (χ0) is 22.2. The second kappa shape index (κ2) is 8.01. The minimum atomic E-state index is -0.444. The van der Waals surface area contributed by atoms with E-state index in [9.17, 15) is 14.5 Å². The molecule has 3 heterocycles. The lowest BCUT2D eigenvalue weighted by Gasteiger charge is -2.33. The van der Waals surface area contributed by atoms with Crippen molar-refractivity contribution in [2.75, 3.05) is 38.1 Å². The third-order valence-electron chi connectivity index (χ3n) is 5.74. The average molecular weight is 433 g/mol. The van der Waals surface area contributed by atoms with Crippen molar-refractivity contribution < 1.29 is 13.7 Å². The Morgan fingerprint density at radius 3 is 2.28 bits per heavy atom. The Bertz CT molecular complexity index is 1280. The number of non-ortho nitro benzene ring substituents is 1. The normalized spacial score (nSPS) is 14.8. The van der Waals surface area contributed by atoms with Crippen molar-refractivity contribution in [3.63, 3.8) is 0 Å². The number of nitro benzene ring substituents is 1. The molecule has 8 nitrogen and oxygen atoms in total. The standard InChI is InChI=1S/C23H20FN5O3/c1-27-10-12-28(13-11-27)22-20-19(15-2-6-17(24)7-3-15)21(32-23(20)26-14-25-22)16-4-8-18(9-5-16)29(30)31/h2-9,14H,10-13H2,1H3. The molecule has 1 aliphatic heterocycles. The molecule has 1 fully saturated rings. The van der Waals surface area contributed by atoms with Crippen LogP contribution in [0.2, 0.25) is 0 Å². The van der Waals surface area contributed by atoms with Crippen LogP contribution in [-0.2, 0) is 0 Å². The highest BCUT2D eigenvalue weighted by Crippen LogP contribution is 2.43. The maximum Gasteiger partial charge on any atom is 0.269 e. The lowest BCUT2D eigenvalue weighted by Crippen LogP contribution is -2.44. The van der Waals surface area contributed by atoms with Gasteiger partial charge in [-0.1, -0.05) is 12.1 Å². The first-order valence-corrected chi connectivity index (χ1v) is 10.2. The second-order valence-electron chi connectivity index (χ2n) is 7.78. The van der Waals surface area contributed by atoms with Crippen molar-refractivity contribution >= 4 is 22.6 Å². The maximum absolute atomic E-state index is 13.7. The molecule has 32 heavy (non-hydrogen) atoms. The van der Waals surface area contributed by atoms with Crippen LogP contribution in [0.1, 0.15) is 0 Å². The molecule has 0 bridgehead atoms. The number of aromatic nitrogens is 2. The number of hydrogen-bond donors (Lipinski definition) is 0. The lowest BCUT2D eigenvalue weighted by atomic mass is 9.99. The fourth-order valence-corrected chi connectivity index (χ4v) is 4.01. The first-order chi connectivity index (χ1) is 15.5. The zero-order valence-corrected chi connectivity index (χ0v) is 17.4. The number of benzene rings is 2. The summed E-state index contributed by atoms with van der Waals surface area (Å²) in [6.45, 7) is 3.43. The molecule has 1 aliphatic rings. The Morgan fingerprint density at radius 2 is 1.62 bits per heavy atom. The molecular weight excluding hydrogens is 413 g/mol. The van der Waals surface area contributed by atoms with E-state index >= 15 is 0 Å². The Kier molecular flexibility index (Phi) is 5.02. The molecule has 0 N–H and O–H groups in total. The molecule has 2 aromatic heterocycles. The van der Waals surface area contributed by atoms with Crippen molar-refractivity contribution in [1.82, 2.24) is 14.9 Å². The Morgan fingerprint density at radius 1 is 0.969 bits per heavy atom. The van der Waals surface area contributed by atoms with E-state index in [1.165, 1.54) is 30.6 Å². The molecule has 0 spiro atoms. The molecule has 0 aliphatic carbocycles. The van der Waals surface area contributed by atoms with Gasteiger partial charge in [-0.05, 0) is 36.9 Å². The van der Waals surface area contributed by atoms with Crippen LogP contribution in [0.25, 0.3) is 33.6 Å². The molecule has 0 atom stereocenters. The highest BCUT2D eigenvalue weighted by molar-refractivity contribution is 6.06. The van der Waals surface area contributed by atoms with E-state index in [2.05, 4.69) is 26.8 Å². The Hall–Kier alpha value is -3.85. The highest BCUT2D eigenvalue weighted by atomic mass is 19.1. The third-order valence-corrected chi connectivity index (χ3v) is 5.74. The SMILES string of the molecule is CN1CCN(c2ncnc3oc(-c4ccc([N+](=O)[O-])cc4)c(-c4ccc(F)cc4)c23)CC1. The predicted octanol–water partition coefficient (Wildman–Crippen LogP) is 4.36. The first-order valence-electron chi connectivity index (χ1n) is 10.2. The predicted molar refractivity (Wildman–Crippen MR) is 119 cm³/mol. The van der Waals surface area contributed by atoms with E-state index in [0.717, 1.165) is 48.5 Å². The molecule has 162 valence electrons. The molecule has 0 radical (unpaired) electrons. The van der Waals surface area contributed by atoms with E-state index < -0.39 is 4.92 Å². The van der Waals surface area contributed by atoms with E-state index in [-0.39, 0.29) is 11.5 Å². The molecule has 9 heteroatoms. The van der Waals surface area contributed by atoms with Crippen LogP contribution in [0.4, 0.5) is 15.9 Å². The summed E-state index contributed by atoms with van der Waals surface area (Å²) in [7, 11) is 2.08. The van der Waals surface area contributed by atoms with Gasteiger partial charge in [0.1, 0.15) is 23.7 Å². The second-order valence-corrected chi connectivity index (χ2v) is 7.78. The Labute approximate surface area is 183 Å². The van der Waals surface area contributed by atoms with Crippen molar-refractivity contribution in [2.24, 2.45) is 0 Å². The van der Waals surface area contributed by atoms with Gasteiger partial charge in [-0.3, -0.25) is 10.1 Å². The molecule has 4 aromatic rings. The van der Waals surface area contributed by atoms with Crippen molar-refractivity contribution in [1.29, 1.82) is 0 Å². The van der Waals surface area contributed by atoms with Crippen LogP contribution < -0.4 is 4.90 Å². The quantitative estimate of drug-likeness (QED) is 0.349. The molecule has 0 amide bonds. The largest absolute Gasteiger partial charge is 0.437 e. The number of halogens is 1. The van der Waals surface area contributed by atoms with Crippen LogP contribution in [0, 0.1) is 15.9 Å². The number of anilines is 1. The molecule has 5 rings (SSSR count). The van der Waals surface area contributed by atoms with Gasteiger partial charge in [0.15, 0.2) is 0 Å². The van der Waals surface area contributed by atoms with Crippen LogP contribution >= 0.6 is 0 Å². The van der Waals surface area contributed by atoms with E-state index in [1.807, 2.05) is 0 Å². The number of nitrogens with zero attached hydrogens (tertiary/aromatic N) is 5. The number of furan rings is 1. The summed E-state index contributed by atoms with van der Waals surface area (Å²) in [6.07, 6.45) is 1.48. The van der Waals surface area contributed by atoms with Crippen molar-refractivity contribution in [3.8, 4) is 22.5 Å². The summed E-state index contributed by atoms with van der Waals surface area (Å²) >= 11 is 0.